The van der Waals surface area contributed by atoms with Crippen LogP contribution in [0.25, 0.3) is 0 Å². The van der Waals surface area contributed by atoms with Gasteiger partial charge in [-0.1, -0.05) is 23.7 Å². The topological polar surface area (TPSA) is 42.5 Å². The molecule has 0 saturated carbocycles. The molecule has 0 saturated heterocycles. The lowest BCUT2D eigenvalue weighted by atomic mass is 10.1. The maximum Gasteiger partial charge on any atom is 0.170 e. The van der Waals surface area contributed by atoms with Crippen molar-refractivity contribution in [3.63, 3.8) is 0 Å². The molecule has 0 amide bonds. The van der Waals surface area contributed by atoms with Crippen molar-refractivity contribution in [2.45, 2.75) is 6.42 Å². The van der Waals surface area contributed by atoms with Gasteiger partial charge in [-0.25, -0.2) is 0 Å². The molecule has 0 aromatic heterocycles. The van der Waals surface area contributed by atoms with Crippen LogP contribution in [0.5, 0.6) is 11.5 Å². The zero-order valence-corrected chi connectivity index (χ0v) is 14.6. The van der Waals surface area contributed by atoms with Crippen LogP contribution >= 0.6 is 23.8 Å². The van der Waals surface area contributed by atoms with Crippen LogP contribution in [0.15, 0.2) is 42.5 Å². The Morgan fingerprint density at radius 1 is 1.04 bits per heavy atom. The lowest BCUT2D eigenvalue weighted by molar-refractivity contribution is 0.395. The Morgan fingerprint density at radius 3 is 2.22 bits per heavy atom. The van der Waals surface area contributed by atoms with Gasteiger partial charge in [-0.2, -0.15) is 0 Å². The smallest absolute Gasteiger partial charge is 0.170 e. The number of thiocarbonyl (C=S) groups is 1. The standard InChI is InChI=1S/C17H19ClN2O2S/c1-21-15-9-14(10-16(11-15)22-2)20-17(23)19-8-7-12-3-5-13(18)6-4-12/h3-6,9-11H,7-8H2,1-2H3,(H2,19,20,23). The van der Waals surface area contributed by atoms with Gasteiger partial charge in [0.1, 0.15) is 11.5 Å². The van der Waals surface area contributed by atoms with Gasteiger partial charge in [0.25, 0.3) is 0 Å². The molecule has 23 heavy (non-hydrogen) atoms. The molecule has 0 radical (unpaired) electrons. The quantitative estimate of drug-likeness (QED) is 0.774. The number of rotatable bonds is 6. The highest BCUT2D eigenvalue weighted by molar-refractivity contribution is 7.80. The summed E-state index contributed by atoms with van der Waals surface area (Å²) < 4.78 is 10.5. The van der Waals surface area contributed by atoms with Crippen LogP contribution < -0.4 is 20.1 Å². The zero-order chi connectivity index (χ0) is 16.7. The van der Waals surface area contributed by atoms with E-state index >= 15 is 0 Å². The van der Waals surface area contributed by atoms with E-state index in [0.717, 1.165) is 23.7 Å². The second kappa shape index (κ2) is 8.60. The van der Waals surface area contributed by atoms with Gasteiger partial charge in [-0.15, -0.1) is 0 Å². The van der Waals surface area contributed by atoms with Crippen LogP contribution in [-0.2, 0) is 6.42 Å². The van der Waals surface area contributed by atoms with E-state index < -0.39 is 0 Å². The molecule has 0 spiro atoms. The van der Waals surface area contributed by atoms with E-state index in [2.05, 4.69) is 10.6 Å². The largest absolute Gasteiger partial charge is 0.497 e. The second-order valence-corrected chi connectivity index (χ2v) is 5.70. The van der Waals surface area contributed by atoms with Gasteiger partial charge in [0.2, 0.25) is 0 Å². The van der Waals surface area contributed by atoms with Crippen molar-refractivity contribution in [2.75, 3.05) is 26.1 Å². The molecule has 0 bridgehead atoms. The minimum absolute atomic E-state index is 0.550. The van der Waals surface area contributed by atoms with E-state index in [1.807, 2.05) is 42.5 Å². The number of halogens is 1. The third kappa shape index (κ3) is 5.62. The van der Waals surface area contributed by atoms with Gasteiger partial charge in [0.05, 0.1) is 14.2 Å². The van der Waals surface area contributed by atoms with Gasteiger partial charge in [0, 0.05) is 35.5 Å². The van der Waals surface area contributed by atoms with Crippen LogP contribution in [0.3, 0.4) is 0 Å². The third-order valence-corrected chi connectivity index (χ3v) is 3.72. The summed E-state index contributed by atoms with van der Waals surface area (Å²) in [4.78, 5) is 0. The summed E-state index contributed by atoms with van der Waals surface area (Å²) in [6.45, 7) is 0.731. The van der Waals surface area contributed by atoms with Crippen LogP contribution in [0.2, 0.25) is 5.02 Å². The Hall–Kier alpha value is -1.98. The molecule has 0 aliphatic heterocycles. The highest BCUT2D eigenvalue weighted by Gasteiger charge is 2.04. The van der Waals surface area contributed by atoms with Gasteiger partial charge < -0.3 is 20.1 Å². The molecular formula is C17H19ClN2O2S. The highest BCUT2D eigenvalue weighted by atomic mass is 35.5. The number of nitrogens with one attached hydrogen (secondary N) is 2. The van der Waals surface area contributed by atoms with E-state index in [1.165, 1.54) is 5.56 Å². The van der Waals surface area contributed by atoms with Gasteiger partial charge >= 0.3 is 0 Å². The lowest BCUT2D eigenvalue weighted by Crippen LogP contribution is -2.30. The Bertz CT molecular complexity index is 640. The Balaban J connectivity index is 1.85. The zero-order valence-electron chi connectivity index (χ0n) is 13.1. The van der Waals surface area contributed by atoms with Crippen LogP contribution in [0, 0.1) is 0 Å². The molecule has 0 atom stereocenters. The molecule has 2 aromatic carbocycles. The number of hydrogen-bond donors (Lipinski definition) is 2. The monoisotopic (exact) mass is 350 g/mol. The fraction of sp³-hybridized carbons (Fsp3) is 0.235. The van der Waals surface area contributed by atoms with Crippen molar-refractivity contribution >= 4 is 34.6 Å². The first kappa shape index (κ1) is 17.4. The molecule has 122 valence electrons. The fourth-order valence-corrected chi connectivity index (χ4v) is 2.37. The van der Waals surface area contributed by atoms with Crippen LogP contribution in [0.1, 0.15) is 5.56 Å². The summed E-state index contributed by atoms with van der Waals surface area (Å²) in [7, 11) is 3.22. The van der Waals surface area contributed by atoms with E-state index in [9.17, 15) is 0 Å². The first-order valence-corrected chi connectivity index (χ1v) is 7.91. The predicted octanol–water partition coefficient (Wildman–Crippen LogP) is 3.89. The van der Waals surface area contributed by atoms with Gasteiger partial charge in [0.15, 0.2) is 5.11 Å². The normalized spacial score (nSPS) is 10.0. The molecule has 0 fully saturated rings. The van der Waals surface area contributed by atoms with Crippen molar-refractivity contribution < 1.29 is 9.47 Å². The molecular weight excluding hydrogens is 332 g/mol. The highest BCUT2D eigenvalue weighted by Crippen LogP contribution is 2.25. The van der Waals surface area contributed by atoms with Crippen molar-refractivity contribution in [3.8, 4) is 11.5 Å². The molecule has 6 heteroatoms. The van der Waals surface area contributed by atoms with E-state index in [4.69, 9.17) is 33.3 Å². The second-order valence-electron chi connectivity index (χ2n) is 4.86. The molecule has 0 heterocycles. The number of hydrogen-bond acceptors (Lipinski definition) is 3. The number of ether oxygens (including phenoxy) is 2. The maximum absolute atomic E-state index is 5.87. The Morgan fingerprint density at radius 2 is 1.65 bits per heavy atom. The van der Waals surface area contributed by atoms with Crippen molar-refractivity contribution in [3.05, 3.63) is 53.1 Å². The molecule has 2 aromatic rings. The van der Waals surface area contributed by atoms with Crippen molar-refractivity contribution in [2.24, 2.45) is 0 Å². The predicted molar refractivity (Wildman–Crippen MR) is 98.9 cm³/mol. The molecule has 0 aliphatic rings. The van der Waals surface area contributed by atoms with Gasteiger partial charge in [-0.3, -0.25) is 0 Å². The molecule has 2 rings (SSSR count). The maximum atomic E-state index is 5.87. The fourth-order valence-electron chi connectivity index (χ4n) is 2.03. The Kier molecular flexibility index (Phi) is 6.50. The average molecular weight is 351 g/mol. The Labute approximate surface area is 146 Å². The van der Waals surface area contributed by atoms with Crippen LogP contribution in [-0.4, -0.2) is 25.9 Å². The third-order valence-electron chi connectivity index (χ3n) is 3.22. The van der Waals surface area contributed by atoms with Gasteiger partial charge in [-0.05, 0) is 36.3 Å². The molecule has 0 unspecified atom stereocenters. The summed E-state index contributed by atoms with van der Waals surface area (Å²) in [6, 6.07) is 13.3. The van der Waals surface area contributed by atoms with Crippen molar-refractivity contribution in [1.82, 2.24) is 5.32 Å². The minimum atomic E-state index is 0.550. The summed E-state index contributed by atoms with van der Waals surface area (Å²) in [5, 5.41) is 7.59. The van der Waals surface area contributed by atoms with E-state index in [1.54, 1.807) is 14.2 Å². The number of anilines is 1. The average Bonchev–Trinajstić information content (AvgIpc) is 2.56. The summed E-state index contributed by atoms with van der Waals surface area (Å²) in [5.41, 5.74) is 2.01. The molecule has 0 aliphatic carbocycles. The van der Waals surface area contributed by atoms with Crippen LogP contribution in [0.4, 0.5) is 5.69 Å². The van der Waals surface area contributed by atoms with E-state index in [0.29, 0.717) is 16.6 Å². The summed E-state index contributed by atoms with van der Waals surface area (Å²) >= 11 is 11.2. The lowest BCUT2D eigenvalue weighted by Gasteiger charge is -2.13. The SMILES string of the molecule is COc1cc(NC(=S)NCCc2ccc(Cl)cc2)cc(OC)c1. The molecule has 2 N–H and O–H groups in total. The summed E-state index contributed by atoms with van der Waals surface area (Å²) in [5.74, 6) is 1.41. The number of benzene rings is 2. The van der Waals surface area contributed by atoms with E-state index in [-0.39, 0.29) is 0 Å². The summed E-state index contributed by atoms with van der Waals surface area (Å²) in [6.07, 6.45) is 0.862. The molecule has 4 nitrogen and oxygen atoms in total. The minimum Gasteiger partial charge on any atom is -0.497 e. The number of methoxy groups -OCH3 is 2. The first-order chi connectivity index (χ1) is 11.1. The first-order valence-electron chi connectivity index (χ1n) is 7.13. The van der Waals surface area contributed by atoms with Crippen molar-refractivity contribution in [1.29, 1.82) is 0 Å².